The second kappa shape index (κ2) is 8.31. The third-order valence-corrected chi connectivity index (χ3v) is 2.78. The smallest absolute Gasteiger partial charge is 0.321 e. The van der Waals surface area contributed by atoms with Gasteiger partial charge in [-0.05, 0) is 17.7 Å². The van der Waals surface area contributed by atoms with Crippen LogP contribution in [0.2, 0.25) is 0 Å². The summed E-state index contributed by atoms with van der Waals surface area (Å²) in [5.74, 6) is 0.604. The van der Waals surface area contributed by atoms with E-state index < -0.39 is 0 Å². The van der Waals surface area contributed by atoms with Gasteiger partial charge in [-0.15, -0.1) is 0 Å². The topological polar surface area (TPSA) is 76.5 Å². The minimum atomic E-state index is -0.0237. The molecule has 1 aromatic heterocycles. The maximum atomic E-state index is 9.08. The summed E-state index contributed by atoms with van der Waals surface area (Å²) in [5, 5.41) is 12.3. The molecule has 0 aliphatic carbocycles. The SMILES string of the molecule is COCCNCc1cnc(Oc2cccc(CO)c2)nc1. The van der Waals surface area contributed by atoms with E-state index in [1.165, 1.54) is 0 Å². The molecule has 0 saturated heterocycles. The van der Waals surface area contributed by atoms with E-state index in [9.17, 15) is 0 Å². The standard InChI is InChI=1S/C15H19N3O3/c1-20-6-5-16-8-13-9-17-15(18-10-13)21-14-4-2-3-12(7-14)11-19/h2-4,7,9-10,16,19H,5-6,8,11H2,1H3. The molecule has 2 N–H and O–H groups in total. The Bertz CT molecular complexity index is 546. The molecule has 6 heteroatoms. The monoisotopic (exact) mass is 289 g/mol. The maximum Gasteiger partial charge on any atom is 0.321 e. The van der Waals surface area contributed by atoms with Gasteiger partial charge in [0.2, 0.25) is 0 Å². The van der Waals surface area contributed by atoms with Crippen LogP contribution in [0.3, 0.4) is 0 Å². The Morgan fingerprint density at radius 3 is 2.71 bits per heavy atom. The molecule has 6 nitrogen and oxygen atoms in total. The number of ether oxygens (including phenoxy) is 2. The molecule has 0 aliphatic heterocycles. The minimum absolute atomic E-state index is 0.0237. The molecule has 1 aromatic carbocycles. The number of hydrogen-bond acceptors (Lipinski definition) is 6. The molecule has 0 bridgehead atoms. The molecule has 0 saturated carbocycles. The van der Waals surface area contributed by atoms with Crippen molar-refractivity contribution in [1.82, 2.24) is 15.3 Å². The summed E-state index contributed by atoms with van der Waals surface area (Å²) in [6.45, 7) is 2.11. The highest BCUT2D eigenvalue weighted by Gasteiger charge is 2.02. The van der Waals surface area contributed by atoms with E-state index in [0.717, 1.165) is 17.7 Å². The number of nitrogens with zero attached hydrogens (tertiary/aromatic N) is 2. The van der Waals surface area contributed by atoms with Crippen molar-refractivity contribution in [3.63, 3.8) is 0 Å². The third kappa shape index (κ3) is 5.11. The molecule has 0 atom stereocenters. The first-order valence-electron chi connectivity index (χ1n) is 6.70. The number of rotatable bonds is 8. The summed E-state index contributed by atoms with van der Waals surface area (Å²) in [4.78, 5) is 8.32. The lowest BCUT2D eigenvalue weighted by molar-refractivity contribution is 0.199. The minimum Gasteiger partial charge on any atom is -0.424 e. The molecule has 0 amide bonds. The Hall–Kier alpha value is -2.02. The van der Waals surface area contributed by atoms with Gasteiger partial charge in [0.25, 0.3) is 0 Å². The van der Waals surface area contributed by atoms with Gasteiger partial charge < -0.3 is 19.9 Å². The average Bonchev–Trinajstić information content (AvgIpc) is 2.53. The van der Waals surface area contributed by atoms with Crippen molar-refractivity contribution in [2.75, 3.05) is 20.3 Å². The first-order valence-corrected chi connectivity index (χ1v) is 6.70. The molecule has 0 radical (unpaired) electrons. The van der Waals surface area contributed by atoms with Crippen molar-refractivity contribution in [1.29, 1.82) is 0 Å². The van der Waals surface area contributed by atoms with Crippen molar-refractivity contribution in [3.05, 3.63) is 47.8 Å². The number of nitrogens with one attached hydrogen (secondary N) is 1. The lowest BCUT2D eigenvalue weighted by atomic mass is 10.2. The highest BCUT2D eigenvalue weighted by Crippen LogP contribution is 2.18. The van der Waals surface area contributed by atoms with Crippen LogP contribution in [0.1, 0.15) is 11.1 Å². The number of aliphatic hydroxyl groups excluding tert-OH is 1. The van der Waals surface area contributed by atoms with Crippen molar-refractivity contribution >= 4 is 0 Å². The zero-order chi connectivity index (χ0) is 14.9. The third-order valence-electron chi connectivity index (χ3n) is 2.78. The largest absolute Gasteiger partial charge is 0.424 e. The Morgan fingerprint density at radius 1 is 1.19 bits per heavy atom. The van der Waals surface area contributed by atoms with Crippen LogP contribution >= 0.6 is 0 Å². The number of methoxy groups -OCH3 is 1. The molecule has 112 valence electrons. The fraction of sp³-hybridized carbons (Fsp3) is 0.333. The van der Waals surface area contributed by atoms with E-state index in [2.05, 4.69) is 15.3 Å². The van der Waals surface area contributed by atoms with Crippen molar-refractivity contribution < 1.29 is 14.6 Å². The lowest BCUT2D eigenvalue weighted by Crippen LogP contribution is -2.18. The van der Waals surface area contributed by atoms with Crippen molar-refractivity contribution in [2.24, 2.45) is 0 Å². The van der Waals surface area contributed by atoms with Gasteiger partial charge in [-0.1, -0.05) is 12.1 Å². The first kappa shape index (κ1) is 15.4. The van der Waals surface area contributed by atoms with Gasteiger partial charge >= 0.3 is 6.01 Å². The molecule has 0 fully saturated rings. The molecule has 21 heavy (non-hydrogen) atoms. The predicted molar refractivity (Wildman–Crippen MR) is 78.1 cm³/mol. The van der Waals surface area contributed by atoms with Gasteiger partial charge in [0.15, 0.2) is 0 Å². The summed E-state index contributed by atoms with van der Waals surface area (Å²) >= 11 is 0. The summed E-state index contributed by atoms with van der Waals surface area (Å²) in [7, 11) is 1.67. The van der Waals surface area contributed by atoms with Crippen LogP contribution in [0.5, 0.6) is 11.8 Å². The van der Waals surface area contributed by atoms with E-state index in [1.54, 1.807) is 31.6 Å². The van der Waals surface area contributed by atoms with Crippen LogP contribution in [0.15, 0.2) is 36.7 Å². The van der Waals surface area contributed by atoms with Gasteiger partial charge in [0.05, 0.1) is 13.2 Å². The van der Waals surface area contributed by atoms with E-state index in [4.69, 9.17) is 14.6 Å². The molecule has 2 aromatic rings. The maximum absolute atomic E-state index is 9.08. The fourth-order valence-corrected chi connectivity index (χ4v) is 1.71. The molecular weight excluding hydrogens is 270 g/mol. The molecule has 0 spiro atoms. The quantitative estimate of drug-likeness (QED) is 0.717. The highest BCUT2D eigenvalue weighted by atomic mass is 16.5. The van der Waals surface area contributed by atoms with Crippen molar-refractivity contribution in [2.45, 2.75) is 13.2 Å². The fourth-order valence-electron chi connectivity index (χ4n) is 1.71. The molecule has 2 rings (SSSR count). The van der Waals surface area contributed by atoms with Gasteiger partial charge in [-0.3, -0.25) is 0 Å². The van der Waals surface area contributed by atoms with Gasteiger partial charge in [0.1, 0.15) is 5.75 Å². The number of benzene rings is 1. The Morgan fingerprint density at radius 2 is 2.00 bits per heavy atom. The Kier molecular flexibility index (Phi) is 6.08. The van der Waals surface area contributed by atoms with E-state index in [0.29, 0.717) is 18.9 Å². The molecule has 1 heterocycles. The van der Waals surface area contributed by atoms with Crippen LogP contribution in [-0.4, -0.2) is 35.3 Å². The summed E-state index contributed by atoms with van der Waals surface area (Å²) in [5.41, 5.74) is 1.76. The Labute approximate surface area is 123 Å². The average molecular weight is 289 g/mol. The van der Waals surface area contributed by atoms with Crippen LogP contribution < -0.4 is 10.1 Å². The second-order valence-electron chi connectivity index (χ2n) is 4.45. The van der Waals surface area contributed by atoms with Gasteiger partial charge in [-0.25, -0.2) is 9.97 Å². The predicted octanol–water partition coefficient (Wildman–Crippen LogP) is 1.50. The van der Waals surface area contributed by atoms with Crippen molar-refractivity contribution in [3.8, 4) is 11.8 Å². The lowest BCUT2D eigenvalue weighted by Gasteiger charge is -2.06. The zero-order valence-corrected chi connectivity index (χ0v) is 12.0. The van der Waals surface area contributed by atoms with Gasteiger partial charge in [-0.2, -0.15) is 0 Å². The van der Waals surface area contributed by atoms with E-state index in [-0.39, 0.29) is 12.6 Å². The molecule has 0 unspecified atom stereocenters. The number of aliphatic hydroxyl groups is 1. The first-order chi connectivity index (χ1) is 10.3. The number of aromatic nitrogens is 2. The summed E-state index contributed by atoms with van der Waals surface area (Å²) in [6.07, 6.45) is 3.44. The highest BCUT2D eigenvalue weighted by molar-refractivity contribution is 5.30. The molecule has 0 aliphatic rings. The van der Waals surface area contributed by atoms with Crippen LogP contribution in [0.4, 0.5) is 0 Å². The van der Waals surface area contributed by atoms with E-state index in [1.807, 2.05) is 12.1 Å². The summed E-state index contributed by atoms with van der Waals surface area (Å²) in [6, 6.07) is 7.47. The molecular formula is C15H19N3O3. The Balaban J connectivity index is 1.89. The van der Waals surface area contributed by atoms with Gasteiger partial charge in [0, 0.05) is 38.2 Å². The zero-order valence-electron chi connectivity index (χ0n) is 12.0. The van der Waals surface area contributed by atoms with Crippen LogP contribution in [-0.2, 0) is 17.9 Å². The normalized spacial score (nSPS) is 10.6. The van der Waals surface area contributed by atoms with Crippen LogP contribution in [0.25, 0.3) is 0 Å². The number of hydrogen-bond donors (Lipinski definition) is 2. The van der Waals surface area contributed by atoms with E-state index >= 15 is 0 Å². The van der Waals surface area contributed by atoms with Crippen LogP contribution in [0, 0.1) is 0 Å². The second-order valence-corrected chi connectivity index (χ2v) is 4.45. The summed E-state index contributed by atoms with van der Waals surface area (Å²) < 4.78 is 10.5.